The van der Waals surface area contributed by atoms with Gasteiger partial charge in [0.25, 0.3) is 5.56 Å². The van der Waals surface area contributed by atoms with Gasteiger partial charge in [-0.2, -0.15) is 9.50 Å². The van der Waals surface area contributed by atoms with Crippen LogP contribution >= 0.6 is 11.3 Å². The van der Waals surface area contributed by atoms with Crippen LogP contribution in [0, 0.1) is 6.92 Å². The van der Waals surface area contributed by atoms with Crippen LogP contribution < -0.4 is 10.1 Å². The first kappa shape index (κ1) is 15.7. The van der Waals surface area contributed by atoms with E-state index in [0.29, 0.717) is 15.3 Å². The van der Waals surface area contributed by atoms with Gasteiger partial charge in [0.2, 0.25) is 4.96 Å². The van der Waals surface area contributed by atoms with Gasteiger partial charge >= 0.3 is 0 Å². The zero-order valence-electron chi connectivity index (χ0n) is 14.1. The molecule has 0 saturated carbocycles. The van der Waals surface area contributed by atoms with Crippen molar-refractivity contribution < 1.29 is 0 Å². The van der Waals surface area contributed by atoms with Gasteiger partial charge in [0.1, 0.15) is 0 Å². The molecule has 0 fully saturated rings. The fourth-order valence-electron chi connectivity index (χ4n) is 2.66. The van der Waals surface area contributed by atoms with Crippen molar-refractivity contribution in [1.82, 2.24) is 14.6 Å². The highest BCUT2D eigenvalue weighted by Gasteiger charge is 2.11. The van der Waals surface area contributed by atoms with Gasteiger partial charge in [0.05, 0.1) is 4.53 Å². The lowest BCUT2D eigenvalue weighted by molar-refractivity contribution is 0.937. The minimum Gasteiger partial charge on any atom is -0.266 e. The van der Waals surface area contributed by atoms with Crippen LogP contribution in [0.25, 0.3) is 22.4 Å². The van der Waals surface area contributed by atoms with Crippen LogP contribution in [0.1, 0.15) is 23.6 Å². The number of thiazole rings is 1. The van der Waals surface area contributed by atoms with Gasteiger partial charge in [-0.25, -0.2) is 0 Å². The second-order valence-electron chi connectivity index (χ2n) is 6.01. The van der Waals surface area contributed by atoms with E-state index in [9.17, 15) is 4.79 Å². The number of aryl methyl sites for hydroxylation is 2. The molecule has 25 heavy (non-hydrogen) atoms. The molecule has 2 aromatic heterocycles. The lowest BCUT2D eigenvalue weighted by Gasteiger charge is -1.96. The number of fused-ring (bicyclic) bond motifs is 1. The first-order chi connectivity index (χ1) is 12.1. The Labute approximate surface area is 149 Å². The van der Waals surface area contributed by atoms with Crippen molar-refractivity contribution in [3.63, 3.8) is 0 Å². The Morgan fingerprint density at radius 3 is 2.44 bits per heavy atom. The lowest BCUT2D eigenvalue weighted by Crippen LogP contribution is -2.23. The van der Waals surface area contributed by atoms with Gasteiger partial charge in [-0.15, -0.1) is 5.10 Å². The van der Waals surface area contributed by atoms with E-state index in [1.807, 2.05) is 49.4 Å². The monoisotopic (exact) mass is 347 g/mol. The Kier molecular flexibility index (Phi) is 3.93. The van der Waals surface area contributed by atoms with E-state index in [4.69, 9.17) is 0 Å². The normalized spacial score (nSPS) is 12.2. The Balaban J connectivity index is 1.76. The van der Waals surface area contributed by atoms with Gasteiger partial charge in [-0.05, 0) is 30.5 Å². The van der Waals surface area contributed by atoms with E-state index >= 15 is 0 Å². The highest BCUT2D eigenvalue weighted by molar-refractivity contribution is 7.15. The first-order valence-corrected chi connectivity index (χ1v) is 9.03. The summed E-state index contributed by atoms with van der Waals surface area (Å²) in [7, 11) is 0. The maximum Gasteiger partial charge on any atom is 0.291 e. The molecule has 5 heteroatoms. The Morgan fingerprint density at radius 1 is 1.08 bits per heavy atom. The van der Waals surface area contributed by atoms with Gasteiger partial charge in [0, 0.05) is 5.56 Å². The predicted molar refractivity (Wildman–Crippen MR) is 102 cm³/mol. The molecule has 0 N–H and O–H groups in total. The number of hydrogen-bond acceptors (Lipinski definition) is 4. The third kappa shape index (κ3) is 2.98. The van der Waals surface area contributed by atoms with E-state index in [1.54, 1.807) is 0 Å². The molecule has 4 rings (SSSR count). The average molecular weight is 347 g/mol. The van der Waals surface area contributed by atoms with Crippen LogP contribution in [0.2, 0.25) is 0 Å². The molecule has 0 aliphatic rings. The summed E-state index contributed by atoms with van der Waals surface area (Å²) in [6.45, 7) is 4.16. The van der Waals surface area contributed by atoms with Gasteiger partial charge in [-0.3, -0.25) is 4.79 Å². The molecule has 2 aromatic carbocycles. The van der Waals surface area contributed by atoms with Gasteiger partial charge in [-0.1, -0.05) is 72.4 Å². The molecule has 4 aromatic rings. The molecular formula is C20H17N3OS. The van der Waals surface area contributed by atoms with Gasteiger partial charge < -0.3 is 0 Å². The fraction of sp³-hybridized carbons (Fsp3) is 0.150. The first-order valence-electron chi connectivity index (χ1n) is 8.21. The Hall–Kier alpha value is -2.79. The third-order valence-corrected chi connectivity index (χ3v) is 5.14. The van der Waals surface area contributed by atoms with Crippen LogP contribution in [0.5, 0.6) is 0 Å². The SMILES string of the molecule is CCc1ccc(C=c2sc3nc(-c4ccc(C)cc4)nn3c2=O)cc1. The second-order valence-corrected chi connectivity index (χ2v) is 7.02. The van der Waals surface area contributed by atoms with Crippen LogP contribution in [0.4, 0.5) is 0 Å². The van der Waals surface area contributed by atoms with Gasteiger partial charge in [0.15, 0.2) is 5.82 Å². The smallest absolute Gasteiger partial charge is 0.266 e. The molecule has 0 amide bonds. The molecule has 2 heterocycles. The lowest BCUT2D eigenvalue weighted by atomic mass is 10.1. The largest absolute Gasteiger partial charge is 0.291 e. The molecule has 4 nitrogen and oxygen atoms in total. The zero-order chi connectivity index (χ0) is 17.4. The molecule has 0 spiro atoms. The van der Waals surface area contributed by atoms with Crippen molar-refractivity contribution in [2.75, 3.05) is 0 Å². The fourth-order valence-corrected chi connectivity index (χ4v) is 3.57. The van der Waals surface area contributed by atoms with Crippen molar-refractivity contribution in [3.8, 4) is 11.4 Å². The van der Waals surface area contributed by atoms with Crippen molar-refractivity contribution in [1.29, 1.82) is 0 Å². The molecule has 0 bridgehead atoms. The maximum atomic E-state index is 12.6. The summed E-state index contributed by atoms with van der Waals surface area (Å²) in [6.07, 6.45) is 2.90. The van der Waals surface area contributed by atoms with E-state index in [1.165, 1.54) is 27.0 Å². The summed E-state index contributed by atoms with van der Waals surface area (Å²) in [5.41, 5.74) is 4.27. The Morgan fingerprint density at radius 2 is 1.80 bits per heavy atom. The standard InChI is InChI=1S/C20H17N3OS/c1-3-14-6-8-15(9-7-14)12-17-19(24)23-20(25-17)21-18(22-23)16-10-4-13(2)5-11-16/h4-12H,3H2,1-2H3. The van der Waals surface area contributed by atoms with E-state index in [-0.39, 0.29) is 5.56 Å². The van der Waals surface area contributed by atoms with Crippen LogP contribution in [-0.4, -0.2) is 14.6 Å². The number of hydrogen-bond donors (Lipinski definition) is 0. The van der Waals surface area contributed by atoms with Crippen LogP contribution in [0.15, 0.2) is 53.3 Å². The molecular weight excluding hydrogens is 330 g/mol. The summed E-state index contributed by atoms with van der Waals surface area (Å²) in [5.74, 6) is 0.585. The topological polar surface area (TPSA) is 47.3 Å². The predicted octanol–water partition coefficient (Wildman–Crippen LogP) is 3.24. The van der Waals surface area contributed by atoms with E-state index in [2.05, 4.69) is 29.1 Å². The maximum absolute atomic E-state index is 12.6. The molecule has 124 valence electrons. The minimum atomic E-state index is -0.120. The van der Waals surface area contributed by atoms with Crippen molar-refractivity contribution in [2.45, 2.75) is 20.3 Å². The minimum absolute atomic E-state index is 0.120. The van der Waals surface area contributed by atoms with Crippen LogP contribution in [-0.2, 0) is 6.42 Å². The molecule has 0 saturated heterocycles. The number of nitrogens with zero attached hydrogens (tertiary/aromatic N) is 3. The molecule has 0 atom stereocenters. The summed E-state index contributed by atoms with van der Waals surface area (Å²) in [6, 6.07) is 16.2. The van der Waals surface area contributed by atoms with Crippen molar-refractivity contribution in [2.24, 2.45) is 0 Å². The highest BCUT2D eigenvalue weighted by atomic mass is 32.1. The van der Waals surface area contributed by atoms with Crippen molar-refractivity contribution >= 4 is 22.4 Å². The summed E-state index contributed by atoms with van der Waals surface area (Å²) >= 11 is 1.37. The summed E-state index contributed by atoms with van der Waals surface area (Å²) < 4.78 is 2.04. The second kappa shape index (κ2) is 6.26. The quantitative estimate of drug-likeness (QED) is 0.572. The van der Waals surface area contributed by atoms with E-state index in [0.717, 1.165) is 17.5 Å². The van der Waals surface area contributed by atoms with E-state index < -0.39 is 0 Å². The Bertz CT molecular complexity index is 1140. The third-order valence-electron chi connectivity index (χ3n) is 4.18. The molecule has 0 radical (unpaired) electrons. The molecule has 0 aliphatic heterocycles. The highest BCUT2D eigenvalue weighted by Crippen LogP contribution is 2.17. The number of aromatic nitrogens is 3. The molecule has 0 unspecified atom stereocenters. The summed E-state index contributed by atoms with van der Waals surface area (Å²) in [4.78, 5) is 17.7. The zero-order valence-corrected chi connectivity index (χ0v) is 14.9. The van der Waals surface area contributed by atoms with Crippen LogP contribution in [0.3, 0.4) is 0 Å². The van der Waals surface area contributed by atoms with Crippen molar-refractivity contribution in [3.05, 3.63) is 80.1 Å². The number of rotatable bonds is 3. The summed E-state index contributed by atoms with van der Waals surface area (Å²) in [5, 5.41) is 4.39. The average Bonchev–Trinajstić information content (AvgIpc) is 3.16. The molecule has 0 aliphatic carbocycles. The number of benzene rings is 2.